The molecule has 0 spiro atoms. The summed E-state index contributed by atoms with van der Waals surface area (Å²) in [5, 5.41) is 3.52. The lowest BCUT2D eigenvalue weighted by molar-refractivity contribution is 0.109. The molecule has 0 aromatic rings. The van der Waals surface area contributed by atoms with Gasteiger partial charge in [-0.05, 0) is 39.4 Å². The Bertz CT molecular complexity index is 206. The van der Waals surface area contributed by atoms with Gasteiger partial charge in [0.25, 0.3) is 0 Å². The van der Waals surface area contributed by atoms with Crippen LogP contribution in [0.5, 0.6) is 0 Å². The molecule has 1 rings (SSSR count). The third-order valence-corrected chi connectivity index (χ3v) is 3.90. The lowest BCUT2D eigenvalue weighted by Crippen LogP contribution is -2.51. The van der Waals surface area contributed by atoms with E-state index in [1.54, 1.807) is 0 Å². The van der Waals surface area contributed by atoms with Crippen LogP contribution in [-0.4, -0.2) is 61.7 Å². The highest BCUT2D eigenvalue weighted by atomic mass is 15.3. The van der Waals surface area contributed by atoms with E-state index in [9.17, 15) is 0 Å². The molecular formula is C14H31N3. The molecule has 2 unspecified atom stereocenters. The number of hydrogen-bond donors (Lipinski definition) is 1. The summed E-state index contributed by atoms with van der Waals surface area (Å²) in [5.41, 5.74) is 0. The Balaban J connectivity index is 2.63. The van der Waals surface area contributed by atoms with Crippen LogP contribution in [-0.2, 0) is 0 Å². The molecule has 0 saturated carbocycles. The first-order valence-electron chi connectivity index (χ1n) is 7.21. The van der Waals surface area contributed by atoms with Crippen molar-refractivity contribution >= 4 is 0 Å². The van der Waals surface area contributed by atoms with Crippen molar-refractivity contribution in [2.75, 3.05) is 39.8 Å². The van der Waals surface area contributed by atoms with Crippen LogP contribution in [0.25, 0.3) is 0 Å². The van der Waals surface area contributed by atoms with Gasteiger partial charge < -0.3 is 10.2 Å². The van der Waals surface area contributed by atoms with Gasteiger partial charge in [0.1, 0.15) is 0 Å². The zero-order chi connectivity index (χ0) is 12.8. The van der Waals surface area contributed by atoms with Crippen molar-refractivity contribution < 1.29 is 0 Å². The molecule has 0 aliphatic carbocycles. The Kier molecular flexibility index (Phi) is 6.45. The van der Waals surface area contributed by atoms with E-state index in [1.165, 1.54) is 26.1 Å². The van der Waals surface area contributed by atoms with E-state index in [1.807, 2.05) is 0 Å². The number of likely N-dealkylation sites (N-methyl/N-ethyl adjacent to an activating group) is 2. The highest BCUT2D eigenvalue weighted by molar-refractivity contribution is 4.84. The van der Waals surface area contributed by atoms with Crippen molar-refractivity contribution in [3.05, 3.63) is 0 Å². The number of nitrogens with one attached hydrogen (secondary N) is 1. The van der Waals surface area contributed by atoms with Gasteiger partial charge in [0.05, 0.1) is 0 Å². The molecule has 0 aromatic heterocycles. The third kappa shape index (κ3) is 4.57. The highest BCUT2D eigenvalue weighted by Gasteiger charge is 2.27. The summed E-state index contributed by atoms with van der Waals surface area (Å²) in [7, 11) is 2.24. The molecule has 1 saturated heterocycles. The molecule has 102 valence electrons. The van der Waals surface area contributed by atoms with Gasteiger partial charge >= 0.3 is 0 Å². The highest BCUT2D eigenvalue weighted by Crippen LogP contribution is 2.17. The predicted octanol–water partition coefficient (Wildman–Crippen LogP) is 1.65. The standard InChI is InChI=1S/C14H31N3/c1-6-15-10-14(12(2)3)17-9-7-8-16(5)11-13(17)4/h12-15H,6-11H2,1-5H3. The largest absolute Gasteiger partial charge is 0.315 e. The van der Waals surface area contributed by atoms with Gasteiger partial charge in [-0.2, -0.15) is 0 Å². The Morgan fingerprint density at radius 1 is 1.29 bits per heavy atom. The topological polar surface area (TPSA) is 18.5 Å². The summed E-state index contributed by atoms with van der Waals surface area (Å²) in [4.78, 5) is 5.19. The van der Waals surface area contributed by atoms with Gasteiger partial charge in [-0.3, -0.25) is 4.90 Å². The summed E-state index contributed by atoms with van der Waals surface area (Å²) in [6.07, 6.45) is 1.30. The molecule has 1 N–H and O–H groups in total. The van der Waals surface area contributed by atoms with Gasteiger partial charge in [0.15, 0.2) is 0 Å². The Labute approximate surface area is 108 Å². The van der Waals surface area contributed by atoms with Crippen LogP contribution < -0.4 is 5.32 Å². The van der Waals surface area contributed by atoms with Crippen molar-refractivity contribution in [3.63, 3.8) is 0 Å². The van der Waals surface area contributed by atoms with Crippen molar-refractivity contribution in [1.82, 2.24) is 15.1 Å². The molecular weight excluding hydrogens is 210 g/mol. The van der Waals surface area contributed by atoms with Crippen LogP contribution in [0.4, 0.5) is 0 Å². The van der Waals surface area contributed by atoms with Crippen LogP contribution in [0, 0.1) is 5.92 Å². The first-order valence-corrected chi connectivity index (χ1v) is 7.21. The molecule has 1 aliphatic rings. The minimum Gasteiger partial charge on any atom is -0.315 e. The van der Waals surface area contributed by atoms with Gasteiger partial charge in [0, 0.05) is 31.7 Å². The molecule has 3 nitrogen and oxygen atoms in total. The van der Waals surface area contributed by atoms with Gasteiger partial charge in [-0.1, -0.05) is 20.8 Å². The lowest BCUT2D eigenvalue weighted by Gasteiger charge is -2.38. The van der Waals surface area contributed by atoms with E-state index in [4.69, 9.17) is 0 Å². The average Bonchev–Trinajstić information content (AvgIpc) is 2.41. The maximum Gasteiger partial charge on any atom is 0.0246 e. The molecule has 0 bridgehead atoms. The van der Waals surface area contributed by atoms with E-state index in [0.717, 1.165) is 19.0 Å². The molecule has 0 amide bonds. The van der Waals surface area contributed by atoms with E-state index in [2.05, 4.69) is 49.9 Å². The second-order valence-electron chi connectivity index (χ2n) is 5.82. The fourth-order valence-corrected chi connectivity index (χ4v) is 2.91. The Morgan fingerprint density at radius 2 is 2.00 bits per heavy atom. The monoisotopic (exact) mass is 241 g/mol. The quantitative estimate of drug-likeness (QED) is 0.789. The minimum atomic E-state index is 0.675. The summed E-state index contributed by atoms with van der Waals surface area (Å²) in [6, 6.07) is 1.35. The third-order valence-electron chi connectivity index (χ3n) is 3.90. The summed E-state index contributed by atoms with van der Waals surface area (Å²) >= 11 is 0. The van der Waals surface area contributed by atoms with Crippen LogP contribution in [0.3, 0.4) is 0 Å². The van der Waals surface area contributed by atoms with E-state index >= 15 is 0 Å². The molecule has 3 heteroatoms. The minimum absolute atomic E-state index is 0.675. The van der Waals surface area contributed by atoms with Crippen LogP contribution >= 0.6 is 0 Å². The van der Waals surface area contributed by atoms with Crippen molar-refractivity contribution in [3.8, 4) is 0 Å². The van der Waals surface area contributed by atoms with Gasteiger partial charge in [-0.25, -0.2) is 0 Å². The Hall–Kier alpha value is -0.120. The molecule has 17 heavy (non-hydrogen) atoms. The smallest absolute Gasteiger partial charge is 0.0246 e. The van der Waals surface area contributed by atoms with Gasteiger partial charge in [-0.15, -0.1) is 0 Å². The van der Waals surface area contributed by atoms with E-state index in [0.29, 0.717) is 12.1 Å². The first kappa shape index (κ1) is 14.9. The normalized spacial score (nSPS) is 26.1. The fraction of sp³-hybridized carbons (Fsp3) is 1.00. The number of nitrogens with zero attached hydrogens (tertiary/aromatic N) is 2. The summed E-state index contributed by atoms with van der Waals surface area (Å²) in [5.74, 6) is 0.722. The van der Waals surface area contributed by atoms with Gasteiger partial charge in [0.2, 0.25) is 0 Å². The summed E-state index contributed by atoms with van der Waals surface area (Å²) < 4.78 is 0. The first-order chi connectivity index (χ1) is 8.06. The molecule has 1 heterocycles. The van der Waals surface area contributed by atoms with E-state index < -0.39 is 0 Å². The zero-order valence-electron chi connectivity index (χ0n) is 12.4. The average molecular weight is 241 g/mol. The van der Waals surface area contributed by atoms with Crippen LogP contribution in [0.2, 0.25) is 0 Å². The lowest BCUT2D eigenvalue weighted by atomic mass is 10.0. The predicted molar refractivity (Wildman–Crippen MR) is 75.5 cm³/mol. The molecule has 0 radical (unpaired) electrons. The van der Waals surface area contributed by atoms with Crippen LogP contribution in [0.1, 0.15) is 34.1 Å². The molecule has 0 aromatic carbocycles. The molecule has 1 aliphatic heterocycles. The summed E-state index contributed by atoms with van der Waals surface area (Å²) in [6.45, 7) is 15.2. The van der Waals surface area contributed by atoms with Crippen molar-refractivity contribution in [2.24, 2.45) is 5.92 Å². The van der Waals surface area contributed by atoms with Crippen molar-refractivity contribution in [2.45, 2.75) is 46.2 Å². The molecule has 1 fully saturated rings. The second kappa shape index (κ2) is 7.34. The SMILES string of the molecule is CCNCC(C(C)C)N1CCCN(C)CC1C. The number of hydrogen-bond acceptors (Lipinski definition) is 3. The Morgan fingerprint density at radius 3 is 2.59 bits per heavy atom. The maximum absolute atomic E-state index is 3.52. The van der Waals surface area contributed by atoms with E-state index in [-0.39, 0.29) is 0 Å². The fourth-order valence-electron chi connectivity index (χ4n) is 2.91. The van der Waals surface area contributed by atoms with Crippen LogP contribution in [0.15, 0.2) is 0 Å². The maximum atomic E-state index is 3.52. The zero-order valence-corrected chi connectivity index (χ0v) is 12.4. The van der Waals surface area contributed by atoms with Crippen molar-refractivity contribution in [1.29, 1.82) is 0 Å². The second-order valence-corrected chi connectivity index (χ2v) is 5.82. The number of rotatable bonds is 5. The molecule has 2 atom stereocenters.